The number of hydrogen-bond acceptors (Lipinski definition) is 3. The molecule has 4 N–H and O–H groups in total. The molecule has 0 fully saturated rings. The van der Waals surface area contributed by atoms with Crippen LogP contribution in [0.25, 0.3) is 5.82 Å². The van der Waals surface area contributed by atoms with Gasteiger partial charge >= 0.3 is 0 Å². The highest BCUT2D eigenvalue weighted by Gasteiger charge is 2.16. The molecule has 2 aromatic heterocycles. The zero-order valence-electron chi connectivity index (χ0n) is 14.8. The maximum Gasteiger partial charge on any atom is 0.253 e. The second kappa shape index (κ2) is 7.23. The van der Waals surface area contributed by atoms with Gasteiger partial charge < -0.3 is 15.6 Å². The Bertz CT molecular complexity index is 942. The zero-order chi connectivity index (χ0) is 18.7. The van der Waals surface area contributed by atoms with Crippen molar-refractivity contribution in [3.05, 3.63) is 82.8 Å². The topological polar surface area (TPSA) is 96.8 Å². The summed E-state index contributed by atoms with van der Waals surface area (Å²) in [5.74, 6) is 0.694. The first kappa shape index (κ1) is 17.4. The van der Waals surface area contributed by atoms with Crippen molar-refractivity contribution in [2.24, 2.45) is 5.73 Å². The molecule has 3 rings (SSSR count). The van der Waals surface area contributed by atoms with E-state index in [2.05, 4.69) is 10.3 Å². The largest absolute Gasteiger partial charge is 0.384 e. The van der Waals surface area contributed by atoms with Crippen molar-refractivity contribution in [1.82, 2.24) is 14.9 Å². The fourth-order valence-electron chi connectivity index (χ4n) is 2.91. The first-order valence-electron chi connectivity index (χ1n) is 8.29. The van der Waals surface area contributed by atoms with Crippen LogP contribution in [0.4, 0.5) is 0 Å². The number of rotatable bonds is 5. The van der Waals surface area contributed by atoms with Crippen LogP contribution in [0.2, 0.25) is 0 Å². The summed E-state index contributed by atoms with van der Waals surface area (Å²) in [7, 11) is 0. The quantitative estimate of drug-likeness (QED) is 0.489. The minimum Gasteiger partial charge on any atom is -0.384 e. The number of nitrogens with one attached hydrogen (secondary N) is 2. The van der Waals surface area contributed by atoms with E-state index in [0.717, 1.165) is 22.8 Å². The molecule has 2 heterocycles. The fourth-order valence-corrected chi connectivity index (χ4v) is 2.91. The number of carbonyl (C=O) groups excluding carboxylic acids is 1. The second-order valence-electron chi connectivity index (χ2n) is 6.10. The zero-order valence-corrected chi connectivity index (χ0v) is 14.8. The maximum absolute atomic E-state index is 12.6. The smallest absolute Gasteiger partial charge is 0.253 e. The molecule has 1 amide bonds. The molecule has 0 saturated heterocycles. The summed E-state index contributed by atoms with van der Waals surface area (Å²) in [6.45, 7) is 4.28. The highest BCUT2D eigenvalue weighted by atomic mass is 16.1. The first-order chi connectivity index (χ1) is 12.5. The molecule has 0 aliphatic carbocycles. The normalized spacial score (nSPS) is 10.5. The lowest BCUT2D eigenvalue weighted by molar-refractivity contribution is 0.0950. The maximum atomic E-state index is 12.6. The average Bonchev–Trinajstić information content (AvgIpc) is 2.95. The number of benzene rings is 1. The molecule has 0 atom stereocenters. The Morgan fingerprint density at radius 1 is 1.19 bits per heavy atom. The Kier molecular flexibility index (Phi) is 4.84. The molecule has 0 radical (unpaired) electrons. The molecule has 26 heavy (non-hydrogen) atoms. The Balaban J connectivity index is 1.75. The number of pyridine rings is 1. The number of amidine groups is 1. The van der Waals surface area contributed by atoms with Crippen LogP contribution >= 0.6 is 0 Å². The molecule has 6 nitrogen and oxygen atoms in total. The molecule has 0 saturated carbocycles. The lowest BCUT2D eigenvalue weighted by Crippen LogP contribution is -2.23. The Morgan fingerprint density at radius 2 is 1.92 bits per heavy atom. The van der Waals surface area contributed by atoms with Crippen molar-refractivity contribution < 1.29 is 4.79 Å². The van der Waals surface area contributed by atoms with E-state index in [1.807, 2.05) is 54.8 Å². The summed E-state index contributed by atoms with van der Waals surface area (Å²) in [6.07, 6.45) is 1.73. The van der Waals surface area contributed by atoms with Gasteiger partial charge in [-0.3, -0.25) is 10.2 Å². The summed E-state index contributed by atoms with van der Waals surface area (Å²) in [5.41, 5.74) is 9.50. The van der Waals surface area contributed by atoms with E-state index in [1.54, 1.807) is 18.3 Å². The summed E-state index contributed by atoms with van der Waals surface area (Å²) >= 11 is 0. The van der Waals surface area contributed by atoms with Crippen molar-refractivity contribution in [3.63, 3.8) is 0 Å². The van der Waals surface area contributed by atoms with Crippen LogP contribution < -0.4 is 11.1 Å². The van der Waals surface area contributed by atoms with Crippen molar-refractivity contribution in [3.8, 4) is 5.82 Å². The summed E-state index contributed by atoms with van der Waals surface area (Å²) in [4.78, 5) is 17.0. The van der Waals surface area contributed by atoms with Gasteiger partial charge in [0.2, 0.25) is 0 Å². The van der Waals surface area contributed by atoms with Gasteiger partial charge in [-0.05, 0) is 37.6 Å². The third-order valence-electron chi connectivity index (χ3n) is 4.27. The Hall–Kier alpha value is -3.41. The number of nitrogens with zero attached hydrogens (tertiary/aromatic N) is 2. The monoisotopic (exact) mass is 347 g/mol. The van der Waals surface area contributed by atoms with Crippen LogP contribution in [-0.4, -0.2) is 21.3 Å². The van der Waals surface area contributed by atoms with E-state index >= 15 is 0 Å². The Labute approximate surface area is 152 Å². The van der Waals surface area contributed by atoms with E-state index in [1.165, 1.54) is 0 Å². The van der Waals surface area contributed by atoms with Gasteiger partial charge in [0.25, 0.3) is 5.91 Å². The molecule has 0 spiro atoms. The number of amides is 1. The molecule has 3 aromatic rings. The third-order valence-corrected chi connectivity index (χ3v) is 4.27. The van der Waals surface area contributed by atoms with Crippen LogP contribution in [-0.2, 0) is 6.54 Å². The minimum atomic E-state index is -0.129. The Morgan fingerprint density at radius 3 is 2.54 bits per heavy atom. The predicted molar refractivity (Wildman–Crippen MR) is 102 cm³/mol. The van der Waals surface area contributed by atoms with Crippen molar-refractivity contribution in [1.29, 1.82) is 5.41 Å². The van der Waals surface area contributed by atoms with Gasteiger partial charge in [-0.1, -0.05) is 30.3 Å². The summed E-state index contributed by atoms with van der Waals surface area (Å²) in [6, 6.07) is 14.8. The number of nitrogens with two attached hydrogens (primary N) is 1. The number of aromatic nitrogens is 2. The molecule has 6 heteroatoms. The molecule has 132 valence electrons. The number of carbonyl (C=O) groups is 1. The highest BCUT2D eigenvalue weighted by molar-refractivity contribution is 5.96. The predicted octanol–water partition coefficient (Wildman–Crippen LogP) is 2.70. The van der Waals surface area contributed by atoms with Gasteiger partial charge in [0, 0.05) is 29.7 Å². The molecule has 0 aliphatic heterocycles. The molecule has 0 unspecified atom stereocenters. The van der Waals surface area contributed by atoms with E-state index in [-0.39, 0.29) is 11.7 Å². The van der Waals surface area contributed by atoms with Crippen molar-refractivity contribution in [2.45, 2.75) is 20.4 Å². The first-order valence-corrected chi connectivity index (χ1v) is 8.29. The van der Waals surface area contributed by atoms with Gasteiger partial charge in [0.05, 0.1) is 5.56 Å². The van der Waals surface area contributed by atoms with E-state index in [9.17, 15) is 4.79 Å². The lowest BCUT2D eigenvalue weighted by Gasteiger charge is -2.09. The van der Waals surface area contributed by atoms with Crippen molar-refractivity contribution in [2.75, 3.05) is 0 Å². The molecule has 0 bridgehead atoms. The third kappa shape index (κ3) is 3.49. The van der Waals surface area contributed by atoms with Crippen LogP contribution in [0.5, 0.6) is 0 Å². The van der Waals surface area contributed by atoms with Crippen LogP contribution in [0.15, 0.2) is 54.7 Å². The van der Waals surface area contributed by atoms with Gasteiger partial charge in [0.1, 0.15) is 11.7 Å². The summed E-state index contributed by atoms with van der Waals surface area (Å²) < 4.78 is 1.97. The highest BCUT2D eigenvalue weighted by Crippen LogP contribution is 2.19. The van der Waals surface area contributed by atoms with E-state index < -0.39 is 0 Å². The fraction of sp³-hybridized carbons (Fsp3) is 0.150. The van der Waals surface area contributed by atoms with E-state index in [4.69, 9.17) is 11.1 Å². The number of aryl methyl sites for hydroxylation is 1. The molecular weight excluding hydrogens is 326 g/mol. The molecule has 0 aliphatic rings. The van der Waals surface area contributed by atoms with Gasteiger partial charge in [-0.15, -0.1) is 0 Å². The minimum absolute atomic E-state index is 0.0301. The number of nitrogen functional groups attached to an aromatic ring is 1. The second-order valence-corrected chi connectivity index (χ2v) is 6.10. The van der Waals surface area contributed by atoms with Gasteiger partial charge in [-0.25, -0.2) is 4.98 Å². The van der Waals surface area contributed by atoms with Gasteiger partial charge in [-0.2, -0.15) is 0 Å². The summed E-state index contributed by atoms with van der Waals surface area (Å²) in [5, 5.41) is 10.3. The van der Waals surface area contributed by atoms with Gasteiger partial charge in [0.15, 0.2) is 0 Å². The lowest BCUT2D eigenvalue weighted by atomic mass is 10.1. The van der Waals surface area contributed by atoms with Crippen molar-refractivity contribution >= 4 is 11.7 Å². The van der Waals surface area contributed by atoms with Crippen LogP contribution in [0.1, 0.15) is 32.9 Å². The number of hydrogen-bond donors (Lipinski definition) is 3. The molecular formula is C20H21N5O. The van der Waals surface area contributed by atoms with Crippen LogP contribution in [0.3, 0.4) is 0 Å². The SMILES string of the molecule is Cc1cc(C(=O)NCc2ccc(C(=N)N)cc2)c(C)n1-c1ccccn1. The molecule has 1 aromatic carbocycles. The van der Waals surface area contributed by atoms with E-state index in [0.29, 0.717) is 17.7 Å². The van der Waals surface area contributed by atoms with Crippen LogP contribution in [0, 0.1) is 19.3 Å². The standard InChI is InChI=1S/C20H21N5O/c1-13-11-17(14(2)25(13)18-5-3-4-10-23-18)20(26)24-12-15-6-8-16(9-7-15)19(21)22/h3-11H,12H2,1-2H3,(H3,21,22)(H,24,26). The average molecular weight is 347 g/mol.